The Balaban J connectivity index is 1.56. The second-order valence-corrected chi connectivity index (χ2v) is 8.43. The highest BCUT2D eigenvalue weighted by atomic mass is 32.2. The number of carbonyl (C=O) groups excluding carboxylic acids is 1. The lowest BCUT2D eigenvalue weighted by molar-refractivity contribution is 0.0976. The third kappa shape index (κ3) is 5.67. The number of fused-ring (bicyclic) bond motifs is 1. The topological polar surface area (TPSA) is 89.8 Å². The number of rotatable bonds is 7. The van der Waals surface area contributed by atoms with E-state index in [9.17, 15) is 4.79 Å². The van der Waals surface area contributed by atoms with E-state index in [1.165, 1.54) is 0 Å². The fourth-order valence-electron chi connectivity index (χ4n) is 3.39. The second kappa shape index (κ2) is 10.4. The van der Waals surface area contributed by atoms with Crippen LogP contribution in [-0.2, 0) is 13.1 Å². The lowest BCUT2D eigenvalue weighted by Crippen LogP contribution is -2.36. The highest BCUT2D eigenvalue weighted by Gasteiger charge is 2.17. The van der Waals surface area contributed by atoms with Gasteiger partial charge in [-0.25, -0.2) is 4.99 Å². The lowest BCUT2D eigenvalue weighted by atomic mass is 10.2. The summed E-state index contributed by atoms with van der Waals surface area (Å²) in [4.78, 5) is 18.8. The van der Waals surface area contributed by atoms with E-state index in [2.05, 4.69) is 27.6 Å². The summed E-state index contributed by atoms with van der Waals surface area (Å²) in [5.41, 5.74) is 3.24. The minimum Gasteiger partial charge on any atom is -0.454 e. The summed E-state index contributed by atoms with van der Waals surface area (Å²) < 4.78 is 12.7. The number of nitrogens with zero attached hydrogens (tertiary/aromatic N) is 3. The fraction of sp³-hybridized carbons (Fsp3) is 0.292. The molecule has 33 heavy (non-hydrogen) atoms. The van der Waals surface area contributed by atoms with Gasteiger partial charge in [0.2, 0.25) is 12.8 Å². The van der Waals surface area contributed by atoms with Crippen LogP contribution in [0.15, 0.2) is 58.5 Å². The molecule has 0 saturated heterocycles. The average Bonchev–Trinajstić information content (AvgIpc) is 3.43. The Labute approximate surface area is 197 Å². The maximum atomic E-state index is 13.0. The standard InChI is InChI=1S/C24H27N5O3S/c1-4-10-29-14-18(16(2)28-29)13-25-24(26-19-6-5-7-20(12-19)33-3)27-23(30)17-8-9-21-22(11-17)32-15-31-21/h5-9,11-12,14H,4,10,13,15H2,1-3H3,(H2,25,26,27,30). The fourth-order valence-corrected chi connectivity index (χ4v) is 3.85. The Hall–Kier alpha value is -3.46. The zero-order valence-electron chi connectivity index (χ0n) is 18.9. The number of thioether (sulfide) groups is 1. The van der Waals surface area contributed by atoms with Crippen LogP contribution in [-0.4, -0.2) is 34.7 Å². The minimum absolute atomic E-state index is 0.158. The Morgan fingerprint density at radius 1 is 1.21 bits per heavy atom. The molecular weight excluding hydrogens is 438 g/mol. The van der Waals surface area contributed by atoms with Crippen molar-refractivity contribution in [2.45, 2.75) is 38.3 Å². The number of aliphatic imine (C=N–C) groups is 1. The molecular formula is C24H27N5O3S. The van der Waals surface area contributed by atoms with Crippen molar-refractivity contribution >= 4 is 29.3 Å². The van der Waals surface area contributed by atoms with Crippen molar-refractivity contribution in [3.8, 4) is 11.5 Å². The summed E-state index contributed by atoms with van der Waals surface area (Å²) in [6.45, 7) is 5.49. The van der Waals surface area contributed by atoms with E-state index in [4.69, 9.17) is 9.47 Å². The summed E-state index contributed by atoms with van der Waals surface area (Å²) in [6.07, 6.45) is 5.04. The van der Waals surface area contributed by atoms with E-state index < -0.39 is 0 Å². The van der Waals surface area contributed by atoms with E-state index in [1.807, 2.05) is 48.3 Å². The Kier molecular flexibility index (Phi) is 7.19. The number of benzene rings is 2. The molecule has 2 heterocycles. The van der Waals surface area contributed by atoms with Crippen molar-refractivity contribution in [2.75, 3.05) is 18.4 Å². The molecule has 0 unspecified atom stereocenters. The van der Waals surface area contributed by atoms with Gasteiger partial charge in [-0.05, 0) is 56.0 Å². The van der Waals surface area contributed by atoms with Gasteiger partial charge in [-0.1, -0.05) is 13.0 Å². The molecule has 1 aliphatic heterocycles. The van der Waals surface area contributed by atoms with Gasteiger partial charge in [-0.2, -0.15) is 5.10 Å². The quantitative estimate of drug-likeness (QED) is 0.304. The SMILES string of the molecule is CCCn1cc(CN=C(NC(=O)c2ccc3c(c2)OCO3)Nc2cccc(SC)c2)c(C)n1. The number of anilines is 1. The van der Waals surface area contributed by atoms with Crippen LogP contribution in [0.2, 0.25) is 0 Å². The molecule has 0 bridgehead atoms. The number of aryl methyl sites for hydroxylation is 2. The van der Waals surface area contributed by atoms with E-state index in [-0.39, 0.29) is 12.7 Å². The smallest absolute Gasteiger partial charge is 0.258 e. The van der Waals surface area contributed by atoms with Crippen LogP contribution in [0.3, 0.4) is 0 Å². The van der Waals surface area contributed by atoms with Crippen molar-refractivity contribution < 1.29 is 14.3 Å². The first-order valence-electron chi connectivity index (χ1n) is 10.7. The summed E-state index contributed by atoms with van der Waals surface area (Å²) >= 11 is 1.65. The van der Waals surface area contributed by atoms with Crippen molar-refractivity contribution in [1.29, 1.82) is 0 Å². The van der Waals surface area contributed by atoms with Gasteiger partial charge in [0.25, 0.3) is 5.91 Å². The Bertz CT molecular complexity index is 1170. The maximum absolute atomic E-state index is 13.0. The number of ether oxygens (including phenoxy) is 2. The molecule has 0 spiro atoms. The number of hydrogen-bond acceptors (Lipinski definition) is 6. The molecule has 1 aromatic heterocycles. The molecule has 172 valence electrons. The molecule has 0 fully saturated rings. The summed E-state index contributed by atoms with van der Waals surface area (Å²) in [5.74, 6) is 1.25. The van der Waals surface area contributed by atoms with Gasteiger partial charge in [0, 0.05) is 34.5 Å². The number of nitrogens with one attached hydrogen (secondary N) is 2. The minimum atomic E-state index is -0.293. The highest BCUT2D eigenvalue weighted by molar-refractivity contribution is 7.98. The first kappa shape index (κ1) is 22.7. The monoisotopic (exact) mass is 465 g/mol. The van der Waals surface area contributed by atoms with Gasteiger partial charge < -0.3 is 14.8 Å². The van der Waals surface area contributed by atoms with Crippen LogP contribution in [0.25, 0.3) is 0 Å². The summed E-state index contributed by atoms with van der Waals surface area (Å²) in [5, 5.41) is 10.7. The molecule has 0 atom stereocenters. The van der Waals surface area contributed by atoms with Crippen molar-refractivity contribution in [3.63, 3.8) is 0 Å². The maximum Gasteiger partial charge on any atom is 0.258 e. The first-order valence-corrected chi connectivity index (χ1v) is 12.0. The van der Waals surface area contributed by atoms with Crippen molar-refractivity contribution in [3.05, 3.63) is 65.5 Å². The van der Waals surface area contributed by atoms with E-state index in [0.29, 0.717) is 29.6 Å². The van der Waals surface area contributed by atoms with Gasteiger partial charge in [0.05, 0.1) is 12.2 Å². The molecule has 0 aliphatic carbocycles. The molecule has 0 saturated carbocycles. The molecule has 1 amide bonds. The first-order chi connectivity index (χ1) is 16.1. The highest BCUT2D eigenvalue weighted by Crippen LogP contribution is 2.32. The Morgan fingerprint density at radius 3 is 2.88 bits per heavy atom. The molecule has 8 nitrogen and oxygen atoms in total. The van der Waals surface area contributed by atoms with E-state index in [1.54, 1.807) is 30.0 Å². The zero-order chi connectivity index (χ0) is 23.2. The van der Waals surface area contributed by atoms with Crippen LogP contribution < -0.4 is 20.1 Å². The number of hydrogen-bond donors (Lipinski definition) is 2. The van der Waals surface area contributed by atoms with Gasteiger partial charge in [0.1, 0.15) is 0 Å². The van der Waals surface area contributed by atoms with Crippen LogP contribution in [0.5, 0.6) is 11.5 Å². The van der Waals surface area contributed by atoms with E-state index >= 15 is 0 Å². The predicted molar refractivity (Wildman–Crippen MR) is 130 cm³/mol. The van der Waals surface area contributed by atoms with Gasteiger partial charge in [-0.15, -0.1) is 11.8 Å². The van der Waals surface area contributed by atoms with Crippen molar-refractivity contribution in [1.82, 2.24) is 15.1 Å². The largest absolute Gasteiger partial charge is 0.454 e. The predicted octanol–water partition coefficient (Wildman–Crippen LogP) is 4.45. The lowest BCUT2D eigenvalue weighted by Gasteiger charge is -2.13. The summed E-state index contributed by atoms with van der Waals surface area (Å²) in [6, 6.07) is 13.0. The molecule has 9 heteroatoms. The Morgan fingerprint density at radius 2 is 2.06 bits per heavy atom. The second-order valence-electron chi connectivity index (χ2n) is 7.55. The normalized spacial score (nSPS) is 12.6. The average molecular weight is 466 g/mol. The number of aromatic nitrogens is 2. The molecule has 2 aromatic carbocycles. The van der Waals surface area contributed by atoms with Gasteiger partial charge >= 0.3 is 0 Å². The third-order valence-corrected chi connectivity index (χ3v) is 5.83. The molecule has 3 aromatic rings. The van der Waals surface area contributed by atoms with Crippen LogP contribution in [0.1, 0.15) is 35.0 Å². The van der Waals surface area contributed by atoms with Crippen LogP contribution in [0.4, 0.5) is 5.69 Å². The van der Waals surface area contributed by atoms with Crippen LogP contribution in [0, 0.1) is 6.92 Å². The number of amides is 1. The van der Waals surface area contributed by atoms with E-state index in [0.717, 1.165) is 34.8 Å². The molecule has 1 aliphatic rings. The third-order valence-electron chi connectivity index (χ3n) is 5.11. The molecule has 0 radical (unpaired) electrons. The zero-order valence-corrected chi connectivity index (χ0v) is 19.7. The molecule has 4 rings (SSSR count). The van der Waals surface area contributed by atoms with Gasteiger partial charge in [-0.3, -0.25) is 14.8 Å². The summed E-state index contributed by atoms with van der Waals surface area (Å²) in [7, 11) is 0. The van der Waals surface area contributed by atoms with Crippen LogP contribution >= 0.6 is 11.8 Å². The van der Waals surface area contributed by atoms with Crippen molar-refractivity contribution in [2.24, 2.45) is 4.99 Å². The molecule has 2 N–H and O–H groups in total. The number of guanidine groups is 1. The number of carbonyl (C=O) groups is 1. The van der Waals surface area contributed by atoms with Gasteiger partial charge in [0.15, 0.2) is 11.5 Å².